The third-order valence-electron chi connectivity index (χ3n) is 2.73. The third-order valence-corrected chi connectivity index (χ3v) is 2.73. The minimum Gasteiger partial charge on any atom is -0.265 e. The van der Waals surface area contributed by atoms with Gasteiger partial charge in [0, 0.05) is 18.0 Å². The quantitative estimate of drug-likeness (QED) is 0.707. The smallest absolute Gasteiger partial charge is 0.144 e. The lowest BCUT2D eigenvalue weighted by Crippen LogP contribution is -2.32. The molecule has 3 heterocycles. The van der Waals surface area contributed by atoms with Crippen molar-refractivity contribution in [3.8, 4) is 0 Å². The van der Waals surface area contributed by atoms with Crippen LogP contribution in [0.15, 0.2) is 46.8 Å². The van der Waals surface area contributed by atoms with E-state index < -0.39 is 0 Å². The first-order valence-corrected chi connectivity index (χ1v) is 5.35. The van der Waals surface area contributed by atoms with Gasteiger partial charge in [0.2, 0.25) is 0 Å². The Morgan fingerprint density at radius 2 is 2.31 bits per heavy atom. The molecule has 0 N–H and O–H groups in total. The van der Waals surface area contributed by atoms with E-state index in [9.17, 15) is 0 Å². The van der Waals surface area contributed by atoms with Crippen molar-refractivity contribution in [3.05, 3.63) is 42.2 Å². The molecule has 0 fully saturated rings. The first-order chi connectivity index (χ1) is 7.84. The normalized spacial score (nSPS) is 22.8. The molecule has 1 unspecified atom stereocenters. The number of amidine groups is 1. The number of allylic oxidation sites excluding steroid dienone is 1. The summed E-state index contributed by atoms with van der Waals surface area (Å²) < 4.78 is 0. The van der Waals surface area contributed by atoms with E-state index in [1.807, 2.05) is 35.5 Å². The summed E-state index contributed by atoms with van der Waals surface area (Å²) in [5, 5.41) is 6.56. The van der Waals surface area contributed by atoms with Gasteiger partial charge in [0.15, 0.2) is 0 Å². The summed E-state index contributed by atoms with van der Waals surface area (Å²) in [5.41, 5.74) is 1.98. The van der Waals surface area contributed by atoms with Gasteiger partial charge in [0.25, 0.3) is 0 Å². The van der Waals surface area contributed by atoms with Crippen LogP contribution >= 0.6 is 0 Å². The Labute approximate surface area is 94.0 Å². The second-order valence-corrected chi connectivity index (χ2v) is 3.95. The van der Waals surface area contributed by atoms with E-state index in [1.165, 1.54) is 0 Å². The average Bonchev–Trinajstić information content (AvgIpc) is 2.72. The van der Waals surface area contributed by atoms with E-state index in [1.54, 1.807) is 6.20 Å². The van der Waals surface area contributed by atoms with E-state index in [2.05, 4.69) is 22.0 Å². The highest BCUT2D eigenvalue weighted by Gasteiger charge is 2.24. The summed E-state index contributed by atoms with van der Waals surface area (Å²) in [4.78, 5) is 8.50. The summed E-state index contributed by atoms with van der Waals surface area (Å²) in [6, 6.07) is 4.29. The Bertz CT molecular complexity index is 487. The highest BCUT2D eigenvalue weighted by molar-refractivity contribution is 6.14. The van der Waals surface area contributed by atoms with Gasteiger partial charge in [0.05, 0.1) is 18.3 Å². The molecule has 4 nitrogen and oxygen atoms in total. The largest absolute Gasteiger partial charge is 0.265 e. The number of nitrogens with zero attached hydrogens (tertiary/aromatic N) is 4. The van der Waals surface area contributed by atoms with Crippen LogP contribution in [-0.2, 0) is 0 Å². The number of fused-ring (bicyclic) bond motifs is 1. The van der Waals surface area contributed by atoms with Crippen molar-refractivity contribution in [2.75, 3.05) is 6.54 Å². The van der Waals surface area contributed by atoms with Crippen LogP contribution in [0.2, 0.25) is 0 Å². The molecule has 0 spiro atoms. The maximum Gasteiger partial charge on any atom is 0.144 e. The minimum atomic E-state index is 0.353. The van der Waals surface area contributed by atoms with Crippen molar-refractivity contribution in [2.24, 2.45) is 10.1 Å². The first-order valence-electron chi connectivity index (χ1n) is 5.35. The van der Waals surface area contributed by atoms with Crippen LogP contribution in [0.4, 0.5) is 0 Å². The molecular weight excluding hydrogens is 200 g/mol. The molecule has 2 aliphatic rings. The second-order valence-electron chi connectivity index (χ2n) is 3.95. The van der Waals surface area contributed by atoms with Crippen molar-refractivity contribution < 1.29 is 0 Å². The van der Waals surface area contributed by atoms with Crippen LogP contribution in [-0.4, -0.2) is 34.1 Å². The maximum absolute atomic E-state index is 4.59. The molecule has 1 atom stereocenters. The van der Waals surface area contributed by atoms with Crippen molar-refractivity contribution in [1.82, 2.24) is 9.99 Å². The van der Waals surface area contributed by atoms with Crippen LogP contribution < -0.4 is 0 Å². The van der Waals surface area contributed by atoms with Crippen molar-refractivity contribution >= 4 is 11.5 Å². The van der Waals surface area contributed by atoms with Crippen LogP contribution in [0.3, 0.4) is 0 Å². The molecule has 16 heavy (non-hydrogen) atoms. The van der Waals surface area contributed by atoms with Gasteiger partial charge in [0.1, 0.15) is 5.84 Å². The third kappa shape index (κ3) is 1.43. The zero-order valence-electron chi connectivity index (χ0n) is 9.04. The Morgan fingerprint density at radius 1 is 1.38 bits per heavy atom. The lowest BCUT2D eigenvalue weighted by molar-refractivity contribution is 0.383. The predicted octanol–water partition coefficient (Wildman–Crippen LogP) is 1.46. The lowest BCUT2D eigenvalue weighted by atomic mass is 10.1. The Morgan fingerprint density at radius 3 is 3.12 bits per heavy atom. The van der Waals surface area contributed by atoms with Gasteiger partial charge in [-0.15, -0.1) is 0 Å². The van der Waals surface area contributed by atoms with Gasteiger partial charge in [-0.3, -0.25) is 9.98 Å². The van der Waals surface area contributed by atoms with Crippen molar-refractivity contribution in [1.29, 1.82) is 0 Å². The van der Waals surface area contributed by atoms with Gasteiger partial charge in [-0.1, -0.05) is 0 Å². The number of aromatic nitrogens is 1. The molecule has 2 aliphatic heterocycles. The lowest BCUT2D eigenvalue weighted by Gasteiger charge is -2.22. The number of rotatable bonds is 1. The van der Waals surface area contributed by atoms with E-state index in [0.717, 1.165) is 23.7 Å². The highest BCUT2D eigenvalue weighted by Crippen LogP contribution is 2.17. The zero-order chi connectivity index (χ0) is 11.0. The van der Waals surface area contributed by atoms with Crippen molar-refractivity contribution in [3.63, 3.8) is 0 Å². The Balaban J connectivity index is 1.97. The van der Waals surface area contributed by atoms with Crippen LogP contribution in [0.1, 0.15) is 12.5 Å². The molecular formula is C12H12N4. The molecule has 80 valence electrons. The van der Waals surface area contributed by atoms with E-state index in [4.69, 9.17) is 0 Å². The first kappa shape index (κ1) is 9.27. The topological polar surface area (TPSA) is 40.9 Å². The Kier molecular flexibility index (Phi) is 2.06. The van der Waals surface area contributed by atoms with E-state index in [-0.39, 0.29) is 0 Å². The summed E-state index contributed by atoms with van der Waals surface area (Å²) in [6.45, 7) is 2.95. The van der Waals surface area contributed by atoms with Crippen LogP contribution in [0.5, 0.6) is 0 Å². The van der Waals surface area contributed by atoms with E-state index >= 15 is 0 Å². The average molecular weight is 212 g/mol. The summed E-state index contributed by atoms with van der Waals surface area (Å²) in [6.07, 6.45) is 7.59. The number of hydrogen-bond acceptors (Lipinski definition) is 4. The molecule has 4 heteroatoms. The fraction of sp³-hybridized carbons (Fsp3) is 0.250. The SMILES string of the molecule is CC1CN=C2C=CC(c3cccnc3)=NN21. The molecule has 0 aliphatic carbocycles. The molecule has 0 saturated heterocycles. The number of pyridine rings is 1. The number of aliphatic imine (C=N–C) groups is 1. The monoisotopic (exact) mass is 212 g/mol. The molecule has 0 amide bonds. The second kappa shape index (κ2) is 3.56. The summed E-state index contributed by atoms with van der Waals surface area (Å²) in [7, 11) is 0. The molecule has 1 aromatic heterocycles. The molecule has 0 radical (unpaired) electrons. The number of hydrazone groups is 1. The number of hydrogen-bond donors (Lipinski definition) is 0. The maximum atomic E-state index is 4.59. The van der Waals surface area contributed by atoms with Crippen LogP contribution in [0, 0.1) is 0 Å². The Hall–Kier alpha value is -1.97. The van der Waals surface area contributed by atoms with Gasteiger partial charge in [-0.05, 0) is 31.2 Å². The van der Waals surface area contributed by atoms with Gasteiger partial charge in [-0.25, -0.2) is 5.01 Å². The fourth-order valence-corrected chi connectivity index (χ4v) is 1.85. The van der Waals surface area contributed by atoms with Gasteiger partial charge < -0.3 is 0 Å². The minimum absolute atomic E-state index is 0.353. The predicted molar refractivity (Wildman–Crippen MR) is 63.5 cm³/mol. The molecule has 3 rings (SSSR count). The standard InChI is InChI=1S/C12H12N4/c1-9-7-14-12-5-4-11(15-16(9)12)10-3-2-6-13-8-10/h2-6,8-9H,7H2,1H3. The van der Waals surface area contributed by atoms with Crippen LogP contribution in [0.25, 0.3) is 0 Å². The molecule has 0 bridgehead atoms. The fourth-order valence-electron chi connectivity index (χ4n) is 1.85. The summed E-state index contributed by atoms with van der Waals surface area (Å²) in [5.74, 6) is 0.958. The summed E-state index contributed by atoms with van der Waals surface area (Å²) >= 11 is 0. The molecule has 1 aromatic rings. The molecule has 0 aromatic carbocycles. The zero-order valence-corrected chi connectivity index (χ0v) is 9.04. The van der Waals surface area contributed by atoms with E-state index in [0.29, 0.717) is 6.04 Å². The van der Waals surface area contributed by atoms with Crippen molar-refractivity contribution in [2.45, 2.75) is 13.0 Å². The molecule has 0 saturated carbocycles. The van der Waals surface area contributed by atoms with Gasteiger partial charge in [-0.2, -0.15) is 5.10 Å². The van der Waals surface area contributed by atoms with Gasteiger partial charge >= 0.3 is 0 Å². The highest BCUT2D eigenvalue weighted by atomic mass is 15.5.